The first kappa shape index (κ1) is 16.2. The van der Waals surface area contributed by atoms with Gasteiger partial charge in [-0.15, -0.1) is 0 Å². The molecule has 1 amide bonds. The first-order chi connectivity index (χ1) is 11.7. The van der Waals surface area contributed by atoms with Crippen LogP contribution in [0.1, 0.15) is 0 Å². The van der Waals surface area contributed by atoms with Crippen molar-refractivity contribution >= 4 is 34.4 Å². The Morgan fingerprint density at radius 2 is 2.12 bits per heavy atom. The maximum absolute atomic E-state index is 12.0. The van der Waals surface area contributed by atoms with E-state index in [2.05, 4.69) is 20.4 Å². The Hall–Kier alpha value is -2.65. The van der Waals surface area contributed by atoms with E-state index in [-0.39, 0.29) is 30.4 Å². The molecule has 0 aliphatic heterocycles. The van der Waals surface area contributed by atoms with E-state index in [0.717, 1.165) is 11.8 Å². The van der Waals surface area contributed by atoms with Crippen molar-refractivity contribution in [2.24, 2.45) is 0 Å². The number of fused-ring (bicyclic) bond motifs is 1. The fraction of sp³-hybridized carbons (Fsp3) is 0.200. The zero-order valence-corrected chi connectivity index (χ0v) is 13.4. The van der Waals surface area contributed by atoms with Gasteiger partial charge in [0.25, 0.3) is 5.56 Å². The van der Waals surface area contributed by atoms with E-state index in [9.17, 15) is 9.59 Å². The minimum Gasteiger partial charge on any atom is -0.394 e. The van der Waals surface area contributed by atoms with Crippen molar-refractivity contribution < 1.29 is 9.90 Å². The molecule has 124 valence electrons. The second kappa shape index (κ2) is 7.28. The SMILES string of the molecule is O=C(CSc1nc2c(cnn2CCO)c(=O)[nH]1)Nc1ccccc1. The van der Waals surface area contributed by atoms with Gasteiger partial charge in [-0.2, -0.15) is 5.10 Å². The molecule has 1 aromatic carbocycles. The van der Waals surface area contributed by atoms with Gasteiger partial charge < -0.3 is 15.4 Å². The van der Waals surface area contributed by atoms with Gasteiger partial charge in [0, 0.05) is 5.69 Å². The maximum Gasteiger partial charge on any atom is 0.262 e. The molecule has 0 bridgehead atoms. The van der Waals surface area contributed by atoms with Crippen molar-refractivity contribution in [1.82, 2.24) is 19.7 Å². The molecule has 0 unspecified atom stereocenters. The molecule has 0 aliphatic rings. The molecule has 0 radical (unpaired) electrons. The summed E-state index contributed by atoms with van der Waals surface area (Å²) in [6.07, 6.45) is 1.41. The number of anilines is 1. The Labute approximate surface area is 140 Å². The van der Waals surface area contributed by atoms with Gasteiger partial charge in [-0.3, -0.25) is 9.59 Å². The number of nitrogens with zero attached hydrogens (tertiary/aromatic N) is 3. The van der Waals surface area contributed by atoms with Crippen LogP contribution in [-0.4, -0.2) is 43.1 Å². The Balaban J connectivity index is 1.72. The van der Waals surface area contributed by atoms with Crippen LogP contribution in [0.3, 0.4) is 0 Å². The van der Waals surface area contributed by atoms with Gasteiger partial charge in [-0.25, -0.2) is 9.67 Å². The number of hydrogen-bond acceptors (Lipinski definition) is 6. The Morgan fingerprint density at radius 1 is 1.33 bits per heavy atom. The molecule has 8 nitrogen and oxygen atoms in total. The second-order valence-electron chi connectivity index (χ2n) is 4.90. The standard InChI is InChI=1S/C15H15N5O3S/c21-7-6-20-13-11(8-16-20)14(23)19-15(18-13)24-9-12(22)17-10-4-2-1-3-5-10/h1-5,8,21H,6-7,9H2,(H,17,22)(H,18,19,23). The molecule has 3 aromatic rings. The lowest BCUT2D eigenvalue weighted by Crippen LogP contribution is -2.16. The first-order valence-corrected chi connectivity index (χ1v) is 8.20. The number of carbonyl (C=O) groups is 1. The molecule has 0 saturated heterocycles. The molecule has 0 saturated carbocycles. The summed E-state index contributed by atoms with van der Waals surface area (Å²) >= 11 is 1.12. The Bertz CT molecular complexity index is 906. The summed E-state index contributed by atoms with van der Waals surface area (Å²) in [4.78, 5) is 30.9. The number of aliphatic hydroxyl groups excluding tert-OH is 1. The second-order valence-corrected chi connectivity index (χ2v) is 5.87. The minimum atomic E-state index is -0.324. The number of para-hydroxylation sites is 1. The summed E-state index contributed by atoms with van der Waals surface area (Å²) < 4.78 is 1.46. The highest BCUT2D eigenvalue weighted by atomic mass is 32.2. The third kappa shape index (κ3) is 3.63. The number of aromatic nitrogens is 4. The number of aliphatic hydroxyl groups is 1. The summed E-state index contributed by atoms with van der Waals surface area (Å²) in [5.74, 6) is -0.0879. The predicted molar refractivity (Wildman–Crippen MR) is 91.0 cm³/mol. The molecule has 24 heavy (non-hydrogen) atoms. The monoisotopic (exact) mass is 345 g/mol. The zero-order valence-electron chi connectivity index (χ0n) is 12.6. The highest BCUT2D eigenvalue weighted by Crippen LogP contribution is 2.15. The average molecular weight is 345 g/mol. The summed E-state index contributed by atoms with van der Waals surface area (Å²) in [7, 11) is 0. The van der Waals surface area contributed by atoms with E-state index in [1.807, 2.05) is 18.2 Å². The fourth-order valence-corrected chi connectivity index (χ4v) is 2.78. The number of hydrogen-bond donors (Lipinski definition) is 3. The molecule has 0 spiro atoms. The Kier molecular flexibility index (Phi) is 4.92. The van der Waals surface area contributed by atoms with E-state index in [0.29, 0.717) is 21.9 Å². The molecule has 2 heterocycles. The van der Waals surface area contributed by atoms with Crippen molar-refractivity contribution in [1.29, 1.82) is 0 Å². The number of nitrogens with one attached hydrogen (secondary N) is 2. The van der Waals surface area contributed by atoms with Gasteiger partial charge in [0.15, 0.2) is 10.8 Å². The molecule has 0 aliphatic carbocycles. The van der Waals surface area contributed by atoms with Crippen molar-refractivity contribution in [2.45, 2.75) is 11.7 Å². The van der Waals surface area contributed by atoms with E-state index >= 15 is 0 Å². The van der Waals surface area contributed by atoms with Crippen LogP contribution in [0.25, 0.3) is 11.0 Å². The molecule has 3 rings (SSSR count). The van der Waals surface area contributed by atoms with Crippen LogP contribution in [0.15, 0.2) is 46.5 Å². The molecular weight excluding hydrogens is 330 g/mol. The largest absolute Gasteiger partial charge is 0.394 e. The number of carbonyl (C=O) groups excluding carboxylic acids is 1. The quantitative estimate of drug-likeness (QED) is 0.451. The fourth-order valence-electron chi connectivity index (χ4n) is 2.12. The lowest BCUT2D eigenvalue weighted by Gasteiger charge is -2.05. The lowest BCUT2D eigenvalue weighted by atomic mass is 10.3. The third-order valence-corrected chi connectivity index (χ3v) is 4.07. The van der Waals surface area contributed by atoms with Gasteiger partial charge in [0.1, 0.15) is 5.39 Å². The molecule has 0 fully saturated rings. The van der Waals surface area contributed by atoms with Crippen LogP contribution in [-0.2, 0) is 11.3 Å². The number of amides is 1. The number of aromatic amines is 1. The summed E-state index contributed by atoms with van der Waals surface area (Å²) in [6.45, 7) is 0.145. The van der Waals surface area contributed by atoms with E-state index in [1.54, 1.807) is 12.1 Å². The third-order valence-electron chi connectivity index (χ3n) is 3.19. The number of H-pyrrole nitrogens is 1. The van der Waals surface area contributed by atoms with Crippen LogP contribution in [0.2, 0.25) is 0 Å². The van der Waals surface area contributed by atoms with Crippen LogP contribution in [0, 0.1) is 0 Å². The highest BCUT2D eigenvalue weighted by molar-refractivity contribution is 7.99. The van der Waals surface area contributed by atoms with Gasteiger partial charge >= 0.3 is 0 Å². The van der Waals surface area contributed by atoms with Crippen LogP contribution in [0.5, 0.6) is 0 Å². The number of rotatable bonds is 6. The topological polar surface area (TPSA) is 113 Å². The van der Waals surface area contributed by atoms with Crippen molar-refractivity contribution in [3.05, 3.63) is 46.9 Å². The molecule has 9 heteroatoms. The molecule has 0 atom stereocenters. The van der Waals surface area contributed by atoms with Crippen molar-refractivity contribution in [2.75, 3.05) is 17.7 Å². The van der Waals surface area contributed by atoms with E-state index < -0.39 is 0 Å². The van der Waals surface area contributed by atoms with Gasteiger partial charge in [0.05, 0.1) is 25.1 Å². The molecule has 2 aromatic heterocycles. The predicted octanol–water partition coefficient (Wildman–Crippen LogP) is 0.843. The van der Waals surface area contributed by atoms with Gasteiger partial charge in [-0.05, 0) is 12.1 Å². The maximum atomic E-state index is 12.0. The normalized spacial score (nSPS) is 10.9. The number of benzene rings is 1. The Morgan fingerprint density at radius 3 is 2.88 bits per heavy atom. The molecule has 3 N–H and O–H groups in total. The van der Waals surface area contributed by atoms with Crippen molar-refractivity contribution in [3.63, 3.8) is 0 Å². The first-order valence-electron chi connectivity index (χ1n) is 7.22. The van der Waals surface area contributed by atoms with Crippen LogP contribution >= 0.6 is 11.8 Å². The van der Waals surface area contributed by atoms with Gasteiger partial charge in [0.2, 0.25) is 5.91 Å². The van der Waals surface area contributed by atoms with Crippen LogP contribution in [0.4, 0.5) is 5.69 Å². The highest BCUT2D eigenvalue weighted by Gasteiger charge is 2.11. The summed E-state index contributed by atoms with van der Waals surface area (Å²) in [5.41, 5.74) is 0.773. The van der Waals surface area contributed by atoms with Gasteiger partial charge in [-0.1, -0.05) is 30.0 Å². The summed E-state index contributed by atoms with van der Waals surface area (Å²) in [6, 6.07) is 9.12. The molecular formula is C15H15N5O3S. The average Bonchev–Trinajstić information content (AvgIpc) is 2.98. The number of thioether (sulfide) groups is 1. The smallest absolute Gasteiger partial charge is 0.262 e. The lowest BCUT2D eigenvalue weighted by molar-refractivity contribution is -0.113. The van der Waals surface area contributed by atoms with E-state index in [4.69, 9.17) is 5.11 Å². The summed E-state index contributed by atoms with van der Waals surface area (Å²) in [5, 5.41) is 16.5. The van der Waals surface area contributed by atoms with Crippen LogP contribution < -0.4 is 10.9 Å². The van der Waals surface area contributed by atoms with E-state index in [1.165, 1.54) is 10.9 Å². The minimum absolute atomic E-state index is 0.104. The van der Waals surface area contributed by atoms with Crippen molar-refractivity contribution in [3.8, 4) is 0 Å². The zero-order chi connectivity index (χ0) is 16.9.